The number of nitrogens with zero attached hydrogens (tertiary/aromatic N) is 2. The number of hydrogen-bond acceptors (Lipinski definition) is 2. The van der Waals surface area contributed by atoms with Crippen molar-refractivity contribution >= 4 is 11.9 Å². The average Bonchev–Trinajstić information content (AvgIpc) is 2.90. The molecule has 0 aliphatic heterocycles. The first kappa shape index (κ1) is 16.8. The van der Waals surface area contributed by atoms with Gasteiger partial charge in [-0.1, -0.05) is 18.2 Å². The van der Waals surface area contributed by atoms with E-state index in [1.54, 1.807) is 10.8 Å². The van der Waals surface area contributed by atoms with Gasteiger partial charge in [0.15, 0.2) is 17.4 Å². The van der Waals surface area contributed by atoms with Crippen LogP contribution in [0.15, 0.2) is 54.6 Å². The molecule has 5 heteroatoms. The molecule has 3 nitrogen and oxygen atoms in total. The highest BCUT2D eigenvalue weighted by Crippen LogP contribution is 2.19. The molecular weight excluding hydrogens is 322 g/mol. The number of carbonyl (C=O) groups is 1. The Bertz CT molecular complexity index is 959. The van der Waals surface area contributed by atoms with Gasteiger partial charge < -0.3 is 0 Å². The van der Waals surface area contributed by atoms with Crippen molar-refractivity contribution < 1.29 is 13.6 Å². The fourth-order valence-corrected chi connectivity index (χ4v) is 2.62. The van der Waals surface area contributed by atoms with Crippen LogP contribution in [0.3, 0.4) is 0 Å². The molecule has 0 aliphatic carbocycles. The van der Waals surface area contributed by atoms with Gasteiger partial charge in [-0.25, -0.2) is 13.5 Å². The number of ketones is 1. The summed E-state index contributed by atoms with van der Waals surface area (Å²) in [6, 6.07) is 12.8. The minimum absolute atomic E-state index is 0.0981. The lowest BCUT2D eigenvalue weighted by atomic mass is 10.1. The second kappa shape index (κ2) is 6.81. The largest absolute Gasteiger partial charge is 0.289 e. The smallest absolute Gasteiger partial charge is 0.185 e. The van der Waals surface area contributed by atoms with Crippen molar-refractivity contribution in [2.75, 3.05) is 0 Å². The van der Waals surface area contributed by atoms with Crippen LogP contribution in [-0.4, -0.2) is 15.6 Å². The van der Waals surface area contributed by atoms with Crippen LogP contribution in [0, 0.1) is 25.5 Å². The third-order valence-electron chi connectivity index (χ3n) is 3.95. The van der Waals surface area contributed by atoms with Gasteiger partial charge in [0.2, 0.25) is 0 Å². The van der Waals surface area contributed by atoms with Gasteiger partial charge in [-0.05, 0) is 56.3 Å². The van der Waals surface area contributed by atoms with E-state index in [1.165, 1.54) is 12.1 Å². The molecule has 0 bridgehead atoms. The van der Waals surface area contributed by atoms with Gasteiger partial charge in [-0.2, -0.15) is 5.10 Å². The minimum atomic E-state index is -1.04. The lowest BCUT2D eigenvalue weighted by Gasteiger charge is -2.03. The van der Waals surface area contributed by atoms with Crippen molar-refractivity contribution in [3.63, 3.8) is 0 Å². The summed E-state index contributed by atoms with van der Waals surface area (Å²) >= 11 is 0. The van der Waals surface area contributed by atoms with Crippen LogP contribution in [0.4, 0.5) is 8.78 Å². The average molecular weight is 338 g/mol. The Kier molecular flexibility index (Phi) is 4.57. The van der Waals surface area contributed by atoms with Crippen LogP contribution in [0.1, 0.15) is 27.3 Å². The normalized spacial score (nSPS) is 11.2. The number of benzene rings is 2. The maximum atomic E-state index is 13.3. The molecule has 0 atom stereocenters. The molecular formula is C20H16F2N2O. The first-order valence-electron chi connectivity index (χ1n) is 7.76. The Morgan fingerprint density at radius 3 is 2.44 bits per heavy atom. The lowest BCUT2D eigenvalue weighted by Crippen LogP contribution is -1.98. The van der Waals surface area contributed by atoms with Gasteiger partial charge in [0.25, 0.3) is 0 Å². The summed E-state index contributed by atoms with van der Waals surface area (Å²) in [5, 5.41) is 4.50. The predicted octanol–water partition coefficient (Wildman–Crippen LogP) is 4.66. The Morgan fingerprint density at radius 2 is 1.76 bits per heavy atom. The van der Waals surface area contributed by atoms with Gasteiger partial charge in [0.1, 0.15) is 0 Å². The summed E-state index contributed by atoms with van der Waals surface area (Å²) in [4.78, 5) is 12.2. The molecule has 0 unspecified atom stereocenters. The highest BCUT2D eigenvalue weighted by molar-refractivity contribution is 6.06. The van der Waals surface area contributed by atoms with Crippen molar-refractivity contribution in [1.29, 1.82) is 0 Å². The molecule has 1 aromatic heterocycles. The van der Waals surface area contributed by atoms with Crippen LogP contribution in [0.25, 0.3) is 11.8 Å². The van der Waals surface area contributed by atoms with Crippen molar-refractivity contribution in [2.24, 2.45) is 0 Å². The van der Waals surface area contributed by atoms with Crippen molar-refractivity contribution in [1.82, 2.24) is 9.78 Å². The highest BCUT2D eigenvalue weighted by Gasteiger charge is 2.12. The van der Waals surface area contributed by atoms with Crippen molar-refractivity contribution in [3.8, 4) is 5.69 Å². The van der Waals surface area contributed by atoms with Gasteiger partial charge in [0.05, 0.1) is 11.4 Å². The zero-order valence-corrected chi connectivity index (χ0v) is 13.8. The Hall–Kier alpha value is -3.08. The molecule has 0 aliphatic rings. The molecule has 2 aromatic carbocycles. The molecule has 1 heterocycles. The highest BCUT2D eigenvalue weighted by atomic mass is 19.2. The predicted molar refractivity (Wildman–Crippen MR) is 92.8 cm³/mol. The molecule has 0 amide bonds. The number of allylic oxidation sites excluding steroid dienone is 1. The summed E-state index contributed by atoms with van der Waals surface area (Å²) in [6.45, 7) is 3.77. The van der Waals surface area contributed by atoms with Crippen LogP contribution >= 0.6 is 0 Å². The monoisotopic (exact) mass is 338 g/mol. The molecule has 0 N–H and O–H groups in total. The number of aryl methyl sites for hydroxylation is 1. The maximum absolute atomic E-state index is 13.3. The second-order valence-electron chi connectivity index (χ2n) is 5.66. The van der Waals surface area contributed by atoms with E-state index in [9.17, 15) is 13.6 Å². The molecule has 3 aromatic rings. The zero-order valence-electron chi connectivity index (χ0n) is 13.8. The van der Waals surface area contributed by atoms with Gasteiger partial charge in [0, 0.05) is 16.8 Å². The van der Waals surface area contributed by atoms with Crippen LogP contribution in [0.5, 0.6) is 0 Å². The minimum Gasteiger partial charge on any atom is -0.289 e. The quantitative estimate of drug-likeness (QED) is 0.512. The van der Waals surface area contributed by atoms with E-state index in [2.05, 4.69) is 5.10 Å². The summed E-state index contributed by atoms with van der Waals surface area (Å²) < 4.78 is 28.0. The van der Waals surface area contributed by atoms with Gasteiger partial charge in [-0.15, -0.1) is 0 Å². The van der Waals surface area contributed by atoms with Crippen LogP contribution in [0.2, 0.25) is 0 Å². The summed E-state index contributed by atoms with van der Waals surface area (Å²) in [7, 11) is 0. The molecule has 3 rings (SSSR count). The van der Waals surface area contributed by atoms with E-state index in [0.29, 0.717) is 0 Å². The zero-order chi connectivity index (χ0) is 18.0. The molecule has 25 heavy (non-hydrogen) atoms. The Morgan fingerprint density at radius 1 is 1.04 bits per heavy atom. The summed E-state index contributed by atoms with van der Waals surface area (Å²) in [5.41, 5.74) is 3.50. The Labute approximate surface area is 144 Å². The number of rotatable bonds is 4. The van der Waals surface area contributed by atoms with E-state index < -0.39 is 17.4 Å². The number of para-hydroxylation sites is 1. The van der Waals surface area contributed by atoms with E-state index in [4.69, 9.17) is 0 Å². The van der Waals surface area contributed by atoms with Crippen molar-refractivity contribution in [2.45, 2.75) is 13.8 Å². The number of carbonyl (C=O) groups excluding carboxylic acids is 1. The second-order valence-corrected chi connectivity index (χ2v) is 5.66. The van der Waals surface area contributed by atoms with Gasteiger partial charge >= 0.3 is 0 Å². The van der Waals surface area contributed by atoms with Crippen LogP contribution in [-0.2, 0) is 0 Å². The van der Waals surface area contributed by atoms with E-state index in [-0.39, 0.29) is 5.56 Å². The summed E-state index contributed by atoms with van der Waals surface area (Å²) in [5.74, 6) is -2.41. The standard InChI is InChI=1S/C20H16F2N2O/c1-13-17(14(2)24(23-13)16-6-4-3-5-7-16)9-11-20(25)15-8-10-18(21)19(22)12-15/h3-12H,1-2H3. The number of aromatic nitrogens is 2. The number of hydrogen-bond donors (Lipinski definition) is 0. The first-order chi connectivity index (χ1) is 12.0. The first-order valence-corrected chi connectivity index (χ1v) is 7.76. The lowest BCUT2D eigenvalue weighted by molar-refractivity contribution is 0.104. The maximum Gasteiger partial charge on any atom is 0.185 e. The van der Waals surface area contributed by atoms with E-state index >= 15 is 0 Å². The number of halogens is 2. The Balaban J connectivity index is 1.90. The van der Waals surface area contributed by atoms with E-state index in [0.717, 1.165) is 34.8 Å². The topological polar surface area (TPSA) is 34.9 Å². The molecule has 0 radical (unpaired) electrons. The van der Waals surface area contributed by atoms with E-state index in [1.807, 2.05) is 44.2 Å². The third-order valence-corrected chi connectivity index (χ3v) is 3.95. The van der Waals surface area contributed by atoms with Gasteiger partial charge in [-0.3, -0.25) is 4.79 Å². The molecule has 0 saturated heterocycles. The fourth-order valence-electron chi connectivity index (χ4n) is 2.62. The molecule has 0 fully saturated rings. The molecule has 0 saturated carbocycles. The fraction of sp³-hybridized carbons (Fsp3) is 0.100. The molecule has 126 valence electrons. The van der Waals surface area contributed by atoms with Crippen molar-refractivity contribution in [3.05, 3.63) is 88.8 Å². The third kappa shape index (κ3) is 3.40. The van der Waals surface area contributed by atoms with Crippen LogP contribution < -0.4 is 0 Å². The molecule has 0 spiro atoms. The summed E-state index contributed by atoms with van der Waals surface area (Å²) in [6.07, 6.45) is 3.00. The SMILES string of the molecule is Cc1nn(-c2ccccc2)c(C)c1C=CC(=O)c1ccc(F)c(F)c1.